The Hall–Kier alpha value is -4.52. The number of fused-ring (bicyclic) bond motifs is 3. The Morgan fingerprint density at radius 1 is 1.11 bits per heavy atom. The van der Waals surface area contributed by atoms with Crippen LogP contribution in [0.1, 0.15) is 42.1 Å². The summed E-state index contributed by atoms with van der Waals surface area (Å²) < 4.78 is 38.9. The Balaban J connectivity index is 1.21. The number of nitrogens with zero attached hydrogens (tertiary/aromatic N) is 5. The van der Waals surface area contributed by atoms with Crippen molar-refractivity contribution in [3.05, 3.63) is 62.8 Å². The van der Waals surface area contributed by atoms with Gasteiger partial charge in [0.15, 0.2) is 17.3 Å². The number of anilines is 1. The molecule has 2 aromatic heterocycles. The van der Waals surface area contributed by atoms with Gasteiger partial charge in [-0.25, -0.2) is 13.6 Å². The van der Waals surface area contributed by atoms with Crippen LogP contribution in [0.15, 0.2) is 40.4 Å². The number of methoxy groups -OCH3 is 1. The highest BCUT2D eigenvalue weighted by Crippen LogP contribution is 2.46. The number of benzene rings is 2. The second kappa shape index (κ2) is 10.6. The van der Waals surface area contributed by atoms with Crippen LogP contribution in [0.2, 0.25) is 0 Å². The van der Waals surface area contributed by atoms with E-state index in [1.807, 2.05) is 4.90 Å². The van der Waals surface area contributed by atoms with Crippen molar-refractivity contribution in [2.24, 2.45) is 11.1 Å². The van der Waals surface area contributed by atoms with Crippen molar-refractivity contribution >= 4 is 39.1 Å². The molecule has 11 nitrogen and oxygen atoms in total. The first kappa shape index (κ1) is 28.3. The van der Waals surface area contributed by atoms with Crippen LogP contribution in [0.3, 0.4) is 0 Å². The SMILES string of the molecule is COc1c(N2C[C@@H]3CCCN(CCn4c(O)c(N=O)c5cc(F)ccc54)[C@@H]3C2)c(F)cc2c(=O)c(C(=O)O)cn(C3CC3)c12. The number of aromatic carboxylic acids is 1. The molecule has 2 aliphatic heterocycles. The van der Waals surface area contributed by atoms with E-state index in [1.165, 1.54) is 31.5 Å². The van der Waals surface area contributed by atoms with E-state index < -0.39 is 28.6 Å². The molecule has 230 valence electrons. The van der Waals surface area contributed by atoms with Gasteiger partial charge in [0.1, 0.15) is 17.1 Å². The van der Waals surface area contributed by atoms with E-state index >= 15 is 4.39 Å². The first-order valence-electron chi connectivity index (χ1n) is 14.7. The standard InChI is InChI=1S/C31H31F2N5O6/c1-44-29-26-20(28(39)21(31(41)42)14-38(26)18-5-6-18)12-22(33)27(29)36-13-16-3-2-8-35(24(16)15-36)9-10-37-23-7-4-17(32)11-19(23)25(34-43)30(37)40/h4,7,11-12,14,16,18,24,40H,2-3,5-6,8-10,13,15H2,1H3,(H,41,42)/t16-,24+/m0/s1. The Bertz CT molecular complexity index is 1900. The molecular weight excluding hydrogens is 576 g/mol. The summed E-state index contributed by atoms with van der Waals surface area (Å²) in [5.74, 6) is -2.40. The van der Waals surface area contributed by atoms with Crippen molar-refractivity contribution in [3.8, 4) is 11.6 Å². The summed E-state index contributed by atoms with van der Waals surface area (Å²) in [6.45, 7) is 2.71. The second-order valence-electron chi connectivity index (χ2n) is 11.9. The zero-order valence-corrected chi connectivity index (χ0v) is 24.0. The number of rotatable bonds is 8. The van der Waals surface area contributed by atoms with Gasteiger partial charge in [0.05, 0.1) is 23.5 Å². The van der Waals surface area contributed by atoms with Crippen molar-refractivity contribution in [2.45, 2.75) is 44.3 Å². The van der Waals surface area contributed by atoms with E-state index in [-0.39, 0.29) is 51.8 Å². The Morgan fingerprint density at radius 3 is 2.61 bits per heavy atom. The normalized spacial score (nSPS) is 20.4. The molecule has 1 saturated carbocycles. The van der Waals surface area contributed by atoms with Gasteiger partial charge in [-0.3, -0.25) is 9.69 Å². The summed E-state index contributed by atoms with van der Waals surface area (Å²) in [6.07, 6.45) is 4.86. The van der Waals surface area contributed by atoms with Gasteiger partial charge in [-0.15, -0.1) is 4.91 Å². The summed E-state index contributed by atoms with van der Waals surface area (Å²) in [4.78, 5) is 40.6. The van der Waals surface area contributed by atoms with Gasteiger partial charge in [0.25, 0.3) is 0 Å². The largest absolute Gasteiger partial charge is 0.493 e. The number of aromatic nitrogens is 2. The molecule has 0 radical (unpaired) electrons. The van der Waals surface area contributed by atoms with Crippen LogP contribution in [0, 0.1) is 22.5 Å². The van der Waals surface area contributed by atoms with Gasteiger partial charge in [0.2, 0.25) is 11.3 Å². The number of carboxylic acids is 1. The predicted octanol–water partition coefficient (Wildman–Crippen LogP) is 4.98. The van der Waals surface area contributed by atoms with Crippen molar-refractivity contribution < 1.29 is 28.5 Å². The average molecular weight is 608 g/mol. The quantitative estimate of drug-likeness (QED) is 0.269. The Morgan fingerprint density at radius 2 is 1.91 bits per heavy atom. The average Bonchev–Trinajstić information content (AvgIpc) is 3.69. The lowest BCUT2D eigenvalue weighted by Crippen LogP contribution is -2.46. The molecular formula is C31H31F2N5O6. The number of hydrogen-bond acceptors (Lipinski definition) is 8. The number of halogens is 2. The first-order valence-corrected chi connectivity index (χ1v) is 14.7. The molecule has 44 heavy (non-hydrogen) atoms. The molecule has 0 bridgehead atoms. The molecule has 0 spiro atoms. The van der Waals surface area contributed by atoms with E-state index in [0.29, 0.717) is 37.2 Å². The molecule has 1 aliphatic carbocycles. The number of likely N-dealkylation sites (tertiary alicyclic amines) is 1. The summed E-state index contributed by atoms with van der Waals surface area (Å²) in [6, 6.07) is 5.19. The van der Waals surface area contributed by atoms with E-state index in [0.717, 1.165) is 38.3 Å². The number of ether oxygens (including phenoxy) is 1. The van der Waals surface area contributed by atoms with Gasteiger partial charge < -0.3 is 29.0 Å². The number of carbonyl (C=O) groups is 1. The predicted molar refractivity (Wildman–Crippen MR) is 159 cm³/mol. The molecule has 0 amide bonds. The molecule has 3 aliphatic rings. The number of nitroso groups, excluding NO2 is 1. The summed E-state index contributed by atoms with van der Waals surface area (Å²) in [7, 11) is 1.43. The van der Waals surface area contributed by atoms with Gasteiger partial charge in [0, 0.05) is 49.8 Å². The van der Waals surface area contributed by atoms with Crippen LogP contribution in [0.25, 0.3) is 21.8 Å². The summed E-state index contributed by atoms with van der Waals surface area (Å²) in [5, 5.41) is 23.5. The number of carboxylic acid groups (broad SMARTS) is 1. The fourth-order valence-corrected chi connectivity index (χ4v) is 7.30. The highest BCUT2D eigenvalue weighted by atomic mass is 19.1. The maximum atomic E-state index is 16.0. The maximum absolute atomic E-state index is 16.0. The lowest BCUT2D eigenvalue weighted by atomic mass is 9.92. The first-order chi connectivity index (χ1) is 21.2. The molecule has 4 heterocycles. The molecule has 0 unspecified atom stereocenters. The van der Waals surface area contributed by atoms with E-state index in [1.54, 1.807) is 9.13 Å². The zero-order valence-electron chi connectivity index (χ0n) is 24.0. The van der Waals surface area contributed by atoms with Crippen LogP contribution in [-0.2, 0) is 6.54 Å². The van der Waals surface area contributed by atoms with Crippen molar-refractivity contribution in [3.63, 3.8) is 0 Å². The molecule has 7 rings (SSSR count). The number of piperidine rings is 1. The van der Waals surface area contributed by atoms with Crippen LogP contribution >= 0.6 is 0 Å². The number of pyridine rings is 1. The smallest absolute Gasteiger partial charge is 0.341 e. The maximum Gasteiger partial charge on any atom is 0.341 e. The van der Waals surface area contributed by atoms with Crippen LogP contribution in [-0.4, -0.2) is 69.5 Å². The van der Waals surface area contributed by atoms with Gasteiger partial charge in [-0.05, 0) is 67.6 Å². The van der Waals surface area contributed by atoms with E-state index in [2.05, 4.69) is 10.1 Å². The monoisotopic (exact) mass is 607 g/mol. The zero-order chi connectivity index (χ0) is 30.9. The third-order valence-corrected chi connectivity index (χ3v) is 9.46. The van der Waals surface area contributed by atoms with Gasteiger partial charge in [-0.1, -0.05) is 0 Å². The van der Waals surface area contributed by atoms with Gasteiger partial charge in [-0.2, -0.15) is 0 Å². The van der Waals surface area contributed by atoms with Crippen molar-refractivity contribution in [2.75, 3.05) is 38.2 Å². The summed E-state index contributed by atoms with van der Waals surface area (Å²) >= 11 is 0. The molecule has 3 fully saturated rings. The third-order valence-electron chi connectivity index (χ3n) is 9.46. The fraction of sp³-hybridized carbons (Fsp3) is 0.419. The lowest BCUT2D eigenvalue weighted by molar-refractivity contribution is 0.0694. The van der Waals surface area contributed by atoms with Crippen LogP contribution < -0.4 is 15.1 Å². The second-order valence-corrected chi connectivity index (χ2v) is 11.9. The molecule has 2 saturated heterocycles. The highest BCUT2D eigenvalue weighted by Gasteiger charge is 2.41. The minimum atomic E-state index is -1.36. The molecule has 2 atom stereocenters. The van der Waals surface area contributed by atoms with E-state index in [4.69, 9.17) is 4.74 Å². The minimum absolute atomic E-state index is 0.00710. The topological polar surface area (TPSA) is 130 Å². The Labute approximate surface area is 249 Å². The highest BCUT2D eigenvalue weighted by molar-refractivity contribution is 5.97. The lowest BCUT2D eigenvalue weighted by Gasteiger charge is -2.37. The Kier molecular flexibility index (Phi) is 6.80. The molecule has 2 aromatic carbocycles. The van der Waals surface area contributed by atoms with Crippen LogP contribution in [0.4, 0.5) is 20.2 Å². The molecule has 4 aromatic rings. The minimum Gasteiger partial charge on any atom is -0.493 e. The fourth-order valence-electron chi connectivity index (χ4n) is 7.30. The van der Waals surface area contributed by atoms with Crippen LogP contribution in [0.5, 0.6) is 11.6 Å². The molecule has 2 N–H and O–H groups in total. The number of hydrogen-bond donors (Lipinski definition) is 2. The van der Waals surface area contributed by atoms with Crippen molar-refractivity contribution in [1.82, 2.24) is 14.0 Å². The molecule has 13 heteroatoms. The number of aromatic hydroxyl groups is 1. The van der Waals surface area contributed by atoms with E-state index in [9.17, 15) is 29.1 Å². The summed E-state index contributed by atoms with van der Waals surface area (Å²) in [5.41, 5.74) is -0.170. The third kappa shape index (κ3) is 4.40. The van der Waals surface area contributed by atoms with Crippen molar-refractivity contribution in [1.29, 1.82) is 0 Å². The van der Waals surface area contributed by atoms with Gasteiger partial charge >= 0.3 is 5.97 Å².